The first-order chi connectivity index (χ1) is 4.77. The second kappa shape index (κ2) is 6.56. The molecule has 0 unspecified atom stereocenters. The fourth-order valence-corrected chi connectivity index (χ4v) is 0.597. The van der Waals surface area contributed by atoms with E-state index in [4.69, 9.17) is 11.6 Å². The summed E-state index contributed by atoms with van der Waals surface area (Å²) in [5, 5.41) is -0.310. The molecule has 0 spiro atoms. The van der Waals surface area contributed by atoms with Gasteiger partial charge in [-0.05, 0) is 24.4 Å². The highest BCUT2D eigenvalue weighted by Crippen LogP contribution is 1.95. The van der Waals surface area contributed by atoms with E-state index in [2.05, 4.69) is 6.58 Å². The van der Waals surface area contributed by atoms with Crippen LogP contribution in [0.1, 0.15) is 19.3 Å². The summed E-state index contributed by atoms with van der Waals surface area (Å²) in [5.74, 6) is 0. The van der Waals surface area contributed by atoms with Gasteiger partial charge in [0.25, 0.3) is 0 Å². The van der Waals surface area contributed by atoms with Crippen LogP contribution in [0.4, 0.5) is 0 Å². The van der Waals surface area contributed by atoms with E-state index in [1.807, 2.05) is 12.2 Å². The first-order valence-electron chi connectivity index (χ1n) is 3.21. The van der Waals surface area contributed by atoms with Gasteiger partial charge < -0.3 is 0 Å². The minimum atomic E-state index is -0.310. The maximum Gasteiger partial charge on any atom is 0.225 e. The highest BCUT2D eigenvalue weighted by Gasteiger charge is 1.87. The highest BCUT2D eigenvalue weighted by molar-refractivity contribution is 6.63. The van der Waals surface area contributed by atoms with Gasteiger partial charge in [-0.2, -0.15) is 0 Å². The molecule has 0 aromatic rings. The molecule has 0 aromatic heterocycles. The number of allylic oxidation sites excluding steroid dienone is 3. The van der Waals surface area contributed by atoms with Gasteiger partial charge in [0, 0.05) is 6.42 Å². The van der Waals surface area contributed by atoms with Crippen molar-refractivity contribution in [1.82, 2.24) is 0 Å². The SMILES string of the molecule is C=CCC/C=C/CC(=O)Cl. The second-order valence-corrected chi connectivity index (χ2v) is 2.32. The largest absolute Gasteiger partial charge is 0.281 e. The van der Waals surface area contributed by atoms with E-state index in [9.17, 15) is 4.79 Å². The number of carbonyl (C=O) groups is 1. The molecule has 0 atom stereocenters. The quantitative estimate of drug-likeness (QED) is 0.342. The number of rotatable bonds is 5. The average Bonchev–Trinajstić information content (AvgIpc) is 1.87. The van der Waals surface area contributed by atoms with Crippen LogP contribution >= 0.6 is 11.6 Å². The predicted octanol–water partition coefficient (Wildman–Crippen LogP) is 2.66. The van der Waals surface area contributed by atoms with Gasteiger partial charge in [0.15, 0.2) is 0 Å². The van der Waals surface area contributed by atoms with Crippen molar-refractivity contribution in [3.05, 3.63) is 24.8 Å². The van der Waals surface area contributed by atoms with Crippen molar-refractivity contribution in [3.8, 4) is 0 Å². The van der Waals surface area contributed by atoms with E-state index in [0.717, 1.165) is 12.8 Å². The summed E-state index contributed by atoms with van der Waals surface area (Å²) < 4.78 is 0. The molecule has 0 aliphatic carbocycles. The van der Waals surface area contributed by atoms with Crippen LogP contribution < -0.4 is 0 Å². The Labute approximate surface area is 66.4 Å². The summed E-state index contributed by atoms with van der Waals surface area (Å²) in [6.45, 7) is 3.57. The Kier molecular flexibility index (Phi) is 6.19. The van der Waals surface area contributed by atoms with Crippen LogP contribution in [0, 0.1) is 0 Å². The van der Waals surface area contributed by atoms with Gasteiger partial charge in [-0.15, -0.1) is 6.58 Å². The lowest BCUT2D eigenvalue weighted by Gasteiger charge is -1.83. The summed E-state index contributed by atoms with van der Waals surface area (Å²) in [6.07, 6.45) is 7.77. The molecule has 0 saturated carbocycles. The predicted molar refractivity (Wildman–Crippen MR) is 44.0 cm³/mol. The molecule has 0 saturated heterocycles. The molecular formula is C8H11ClO. The normalized spacial score (nSPS) is 10.1. The van der Waals surface area contributed by atoms with Crippen LogP contribution in [0.15, 0.2) is 24.8 Å². The summed E-state index contributed by atoms with van der Waals surface area (Å²) >= 11 is 5.08. The van der Waals surface area contributed by atoms with Crippen molar-refractivity contribution in [3.63, 3.8) is 0 Å². The molecule has 0 fully saturated rings. The summed E-state index contributed by atoms with van der Waals surface area (Å²) in [5.41, 5.74) is 0. The maximum absolute atomic E-state index is 10.2. The zero-order valence-corrected chi connectivity index (χ0v) is 6.60. The van der Waals surface area contributed by atoms with Gasteiger partial charge in [-0.1, -0.05) is 18.2 Å². The van der Waals surface area contributed by atoms with Crippen molar-refractivity contribution < 1.29 is 4.79 Å². The Morgan fingerprint density at radius 1 is 1.40 bits per heavy atom. The molecule has 10 heavy (non-hydrogen) atoms. The standard InChI is InChI=1S/C8H11ClO/c1-2-3-4-5-6-7-8(9)10/h2,5-6H,1,3-4,7H2/b6-5+. The third-order valence-electron chi connectivity index (χ3n) is 0.982. The molecule has 0 N–H and O–H groups in total. The smallest absolute Gasteiger partial charge is 0.225 e. The van der Waals surface area contributed by atoms with Gasteiger partial charge >= 0.3 is 0 Å². The van der Waals surface area contributed by atoms with Crippen molar-refractivity contribution >= 4 is 16.8 Å². The van der Waals surface area contributed by atoms with Crippen molar-refractivity contribution in [1.29, 1.82) is 0 Å². The van der Waals surface area contributed by atoms with Crippen LogP contribution in [0.5, 0.6) is 0 Å². The minimum Gasteiger partial charge on any atom is -0.281 e. The summed E-state index contributed by atoms with van der Waals surface area (Å²) in [4.78, 5) is 10.2. The van der Waals surface area contributed by atoms with E-state index >= 15 is 0 Å². The number of carbonyl (C=O) groups excluding carboxylic acids is 1. The molecule has 0 heterocycles. The van der Waals surface area contributed by atoms with E-state index in [1.165, 1.54) is 0 Å². The van der Waals surface area contributed by atoms with Gasteiger partial charge in [0.05, 0.1) is 0 Å². The Bertz CT molecular complexity index is 138. The lowest BCUT2D eigenvalue weighted by Crippen LogP contribution is -1.78. The zero-order chi connectivity index (χ0) is 7.82. The van der Waals surface area contributed by atoms with Gasteiger partial charge in [-0.3, -0.25) is 4.79 Å². The van der Waals surface area contributed by atoms with E-state index in [1.54, 1.807) is 6.08 Å². The number of halogens is 1. The van der Waals surface area contributed by atoms with E-state index in [0.29, 0.717) is 6.42 Å². The van der Waals surface area contributed by atoms with Crippen LogP contribution in [0.3, 0.4) is 0 Å². The minimum absolute atomic E-state index is 0.310. The molecule has 56 valence electrons. The van der Waals surface area contributed by atoms with Crippen LogP contribution in [-0.4, -0.2) is 5.24 Å². The highest BCUT2D eigenvalue weighted by atomic mass is 35.5. The summed E-state index contributed by atoms with van der Waals surface area (Å²) in [6, 6.07) is 0. The number of unbranched alkanes of at least 4 members (excludes halogenated alkanes) is 1. The van der Waals surface area contributed by atoms with Crippen molar-refractivity contribution in [2.75, 3.05) is 0 Å². The lowest BCUT2D eigenvalue weighted by atomic mass is 10.3. The molecule has 0 aliphatic heterocycles. The Hall–Kier alpha value is -0.560. The van der Waals surface area contributed by atoms with Gasteiger partial charge in [0.1, 0.15) is 0 Å². The Balaban J connectivity index is 3.20. The molecule has 0 aliphatic rings. The monoisotopic (exact) mass is 158 g/mol. The van der Waals surface area contributed by atoms with Crippen LogP contribution in [0.25, 0.3) is 0 Å². The van der Waals surface area contributed by atoms with Crippen LogP contribution in [-0.2, 0) is 4.79 Å². The molecule has 2 heteroatoms. The van der Waals surface area contributed by atoms with Gasteiger partial charge in [-0.25, -0.2) is 0 Å². The molecule has 0 rings (SSSR count). The zero-order valence-electron chi connectivity index (χ0n) is 5.85. The Morgan fingerprint density at radius 2 is 2.10 bits per heavy atom. The van der Waals surface area contributed by atoms with Crippen LogP contribution in [0.2, 0.25) is 0 Å². The van der Waals surface area contributed by atoms with Gasteiger partial charge in [0.2, 0.25) is 5.24 Å². The number of hydrogen-bond acceptors (Lipinski definition) is 1. The molecule has 0 aromatic carbocycles. The molecule has 0 amide bonds. The topological polar surface area (TPSA) is 17.1 Å². The third kappa shape index (κ3) is 7.44. The first kappa shape index (κ1) is 9.44. The second-order valence-electron chi connectivity index (χ2n) is 1.90. The fraction of sp³-hybridized carbons (Fsp3) is 0.375. The van der Waals surface area contributed by atoms with Crippen molar-refractivity contribution in [2.45, 2.75) is 19.3 Å². The summed E-state index contributed by atoms with van der Waals surface area (Å²) in [7, 11) is 0. The average molecular weight is 159 g/mol. The van der Waals surface area contributed by atoms with E-state index in [-0.39, 0.29) is 5.24 Å². The number of hydrogen-bond donors (Lipinski definition) is 0. The fourth-order valence-electron chi connectivity index (χ4n) is 0.508. The first-order valence-corrected chi connectivity index (χ1v) is 3.59. The molecule has 0 bridgehead atoms. The molecule has 0 radical (unpaired) electrons. The van der Waals surface area contributed by atoms with E-state index < -0.39 is 0 Å². The lowest BCUT2D eigenvalue weighted by molar-refractivity contribution is -0.110. The van der Waals surface area contributed by atoms with Crippen molar-refractivity contribution in [2.24, 2.45) is 0 Å². The molecular weight excluding hydrogens is 148 g/mol. The molecule has 1 nitrogen and oxygen atoms in total. The Morgan fingerprint density at radius 3 is 2.60 bits per heavy atom. The third-order valence-corrected chi connectivity index (χ3v) is 1.14. The maximum atomic E-state index is 10.2.